The van der Waals surface area contributed by atoms with Crippen molar-refractivity contribution in [3.05, 3.63) is 0 Å². The monoisotopic (exact) mass is 362 g/mol. The van der Waals surface area contributed by atoms with Crippen LogP contribution in [0.2, 0.25) is 0 Å². The Bertz CT molecular complexity index is 472. The van der Waals surface area contributed by atoms with Gasteiger partial charge in [0.15, 0.2) is 0 Å². The van der Waals surface area contributed by atoms with Gasteiger partial charge in [-0.2, -0.15) is 11.8 Å². The topological polar surface area (TPSA) is 151 Å². The number of hydrogen-bond acceptors (Lipinski definition) is 6. The Morgan fingerprint density at radius 3 is 1.96 bits per heavy atom. The lowest BCUT2D eigenvalue weighted by atomic mass is 10.1. The zero-order chi connectivity index (χ0) is 18.9. The Kier molecular flexibility index (Phi) is 10.0. The molecule has 24 heavy (non-hydrogen) atoms. The van der Waals surface area contributed by atoms with Crippen molar-refractivity contribution in [1.82, 2.24) is 16.0 Å². The number of hydrogen-bond donors (Lipinski definition) is 5. The molecule has 0 heterocycles. The first-order valence-electron chi connectivity index (χ1n) is 7.48. The van der Waals surface area contributed by atoms with Crippen LogP contribution in [0.1, 0.15) is 27.2 Å². The molecule has 3 amide bonds. The highest BCUT2D eigenvalue weighted by Crippen LogP contribution is 2.02. The van der Waals surface area contributed by atoms with Crippen molar-refractivity contribution in [2.45, 2.75) is 51.4 Å². The van der Waals surface area contributed by atoms with Crippen LogP contribution in [0.5, 0.6) is 0 Å². The lowest BCUT2D eigenvalue weighted by Gasteiger charge is -2.22. The van der Waals surface area contributed by atoms with E-state index in [0.29, 0.717) is 12.2 Å². The van der Waals surface area contributed by atoms with Gasteiger partial charge in [0, 0.05) is 0 Å². The van der Waals surface area contributed by atoms with E-state index in [1.807, 2.05) is 6.26 Å². The van der Waals surface area contributed by atoms with Crippen LogP contribution in [0.3, 0.4) is 0 Å². The highest BCUT2D eigenvalue weighted by Gasteiger charge is 2.26. The van der Waals surface area contributed by atoms with Crippen LogP contribution in [0.15, 0.2) is 0 Å². The molecule has 0 unspecified atom stereocenters. The molecule has 0 bridgehead atoms. The van der Waals surface area contributed by atoms with Crippen molar-refractivity contribution in [3.63, 3.8) is 0 Å². The van der Waals surface area contributed by atoms with Crippen LogP contribution in [0.25, 0.3) is 0 Å². The molecule has 0 aromatic heterocycles. The van der Waals surface area contributed by atoms with E-state index in [1.165, 1.54) is 32.5 Å². The van der Waals surface area contributed by atoms with E-state index in [-0.39, 0.29) is 0 Å². The molecule has 0 rings (SSSR count). The van der Waals surface area contributed by atoms with Crippen LogP contribution in [-0.2, 0) is 19.2 Å². The summed E-state index contributed by atoms with van der Waals surface area (Å²) in [5.41, 5.74) is 5.42. The first-order valence-corrected chi connectivity index (χ1v) is 8.88. The van der Waals surface area contributed by atoms with Gasteiger partial charge < -0.3 is 26.8 Å². The summed E-state index contributed by atoms with van der Waals surface area (Å²) in [6, 6.07) is -3.58. The van der Waals surface area contributed by atoms with Crippen LogP contribution >= 0.6 is 11.8 Å². The molecular formula is C14H26N4O5S. The van der Waals surface area contributed by atoms with Crippen molar-refractivity contribution >= 4 is 35.5 Å². The van der Waals surface area contributed by atoms with Crippen LogP contribution in [-0.4, -0.2) is 65.0 Å². The van der Waals surface area contributed by atoms with Crippen molar-refractivity contribution in [3.8, 4) is 0 Å². The second-order valence-corrected chi connectivity index (χ2v) is 6.42. The number of carbonyl (C=O) groups excluding carboxylic acids is 3. The Hall–Kier alpha value is -1.81. The number of nitrogens with one attached hydrogen (secondary N) is 3. The molecule has 4 atom stereocenters. The predicted molar refractivity (Wildman–Crippen MR) is 91.4 cm³/mol. The maximum Gasteiger partial charge on any atom is 0.325 e. The minimum Gasteiger partial charge on any atom is -0.480 e. The number of amides is 3. The number of carbonyl (C=O) groups is 4. The first-order chi connectivity index (χ1) is 11.1. The largest absolute Gasteiger partial charge is 0.480 e. The van der Waals surface area contributed by atoms with E-state index >= 15 is 0 Å². The van der Waals surface area contributed by atoms with Gasteiger partial charge in [-0.15, -0.1) is 0 Å². The van der Waals surface area contributed by atoms with Gasteiger partial charge in [0.1, 0.15) is 18.1 Å². The van der Waals surface area contributed by atoms with Gasteiger partial charge in [0.05, 0.1) is 6.04 Å². The number of thioether (sulfide) groups is 1. The molecule has 0 aliphatic carbocycles. The normalized spacial score (nSPS) is 15.5. The minimum atomic E-state index is -1.17. The molecule has 0 saturated heterocycles. The molecule has 9 nitrogen and oxygen atoms in total. The number of carboxylic acids is 1. The molecule has 6 N–H and O–H groups in total. The van der Waals surface area contributed by atoms with Gasteiger partial charge in [-0.05, 0) is 39.2 Å². The van der Waals surface area contributed by atoms with Crippen molar-refractivity contribution in [2.75, 3.05) is 12.0 Å². The second-order valence-electron chi connectivity index (χ2n) is 5.43. The third-order valence-electron chi connectivity index (χ3n) is 3.14. The van der Waals surface area contributed by atoms with Gasteiger partial charge in [0.25, 0.3) is 0 Å². The zero-order valence-electron chi connectivity index (χ0n) is 14.3. The summed E-state index contributed by atoms with van der Waals surface area (Å²) >= 11 is 1.49. The lowest BCUT2D eigenvalue weighted by Crippen LogP contribution is -2.55. The van der Waals surface area contributed by atoms with Crippen LogP contribution in [0.4, 0.5) is 0 Å². The predicted octanol–water partition coefficient (Wildman–Crippen LogP) is -1.33. The molecule has 0 spiro atoms. The van der Waals surface area contributed by atoms with Gasteiger partial charge >= 0.3 is 5.97 Å². The van der Waals surface area contributed by atoms with Gasteiger partial charge in [-0.1, -0.05) is 0 Å². The fraction of sp³-hybridized carbons (Fsp3) is 0.714. The SMILES string of the molecule is CSCC[C@H](NC(=O)[C@H](C)NC(=O)[C@H](C)N)C(=O)N[C@@H](C)C(=O)O. The van der Waals surface area contributed by atoms with E-state index < -0.39 is 47.9 Å². The molecule has 0 aliphatic heterocycles. The first kappa shape index (κ1) is 22.2. The summed E-state index contributed by atoms with van der Waals surface area (Å²) in [6.07, 6.45) is 2.18. The average molecular weight is 362 g/mol. The third-order valence-corrected chi connectivity index (χ3v) is 3.78. The second kappa shape index (κ2) is 10.9. The van der Waals surface area contributed by atoms with Gasteiger partial charge in [-0.3, -0.25) is 19.2 Å². The number of aliphatic carboxylic acids is 1. The Morgan fingerprint density at radius 1 is 0.958 bits per heavy atom. The molecule has 0 aromatic carbocycles. The zero-order valence-corrected chi connectivity index (χ0v) is 15.1. The van der Waals surface area contributed by atoms with E-state index in [0.717, 1.165) is 0 Å². The Labute approximate surface area is 145 Å². The van der Waals surface area contributed by atoms with Crippen molar-refractivity contribution < 1.29 is 24.3 Å². The van der Waals surface area contributed by atoms with E-state index in [4.69, 9.17) is 10.8 Å². The van der Waals surface area contributed by atoms with E-state index in [9.17, 15) is 19.2 Å². The highest BCUT2D eigenvalue weighted by molar-refractivity contribution is 7.98. The fourth-order valence-corrected chi connectivity index (χ4v) is 2.06. The molecule has 0 radical (unpaired) electrons. The van der Waals surface area contributed by atoms with E-state index in [1.54, 1.807) is 0 Å². The Morgan fingerprint density at radius 2 is 1.50 bits per heavy atom. The third kappa shape index (κ3) is 8.16. The standard InChI is InChI=1S/C14H26N4O5S/c1-7(15)11(19)16-8(2)12(20)18-10(5-6-24-4)13(21)17-9(3)14(22)23/h7-10H,5-6,15H2,1-4H3,(H,16,19)(H,17,21)(H,18,20)(H,22,23)/t7-,8-,9-,10-/m0/s1. The molecule has 0 fully saturated rings. The number of rotatable bonds is 10. The number of nitrogens with two attached hydrogens (primary N) is 1. The fourth-order valence-electron chi connectivity index (χ4n) is 1.59. The van der Waals surface area contributed by atoms with Gasteiger partial charge in [-0.25, -0.2) is 0 Å². The number of carboxylic acid groups (broad SMARTS) is 1. The van der Waals surface area contributed by atoms with Crippen molar-refractivity contribution in [2.24, 2.45) is 5.73 Å². The molecule has 0 saturated carbocycles. The molecule has 138 valence electrons. The minimum absolute atomic E-state index is 0.332. The molecule has 0 aromatic rings. The van der Waals surface area contributed by atoms with E-state index in [2.05, 4.69) is 16.0 Å². The van der Waals surface area contributed by atoms with Gasteiger partial charge in [0.2, 0.25) is 17.7 Å². The summed E-state index contributed by atoms with van der Waals surface area (Å²) in [5, 5.41) is 16.1. The maximum absolute atomic E-state index is 12.1. The smallest absolute Gasteiger partial charge is 0.325 e. The molecule has 10 heteroatoms. The van der Waals surface area contributed by atoms with Crippen molar-refractivity contribution in [1.29, 1.82) is 0 Å². The summed E-state index contributed by atoms with van der Waals surface area (Å²) in [6.45, 7) is 4.29. The maximum atomic E-state index is 12.1. The highest BCUT2D eigenvalue weighted by atomic mass is 32.2. The lowest BCUT2D eigenvalue weighted by molar-refractivity contribution is -0.141. The Balaban J connectivity index is 4.81. The van der Waals surface area contributed by atoms with Crippen LogP contribution in [0, 0.1) is 0 Å². The average Bonchev–Trinajstić information content (AvgIpc) is 2.50. The quantitative estimate of drug-likeness (QED) is 0.323. The summed E-state index contributed by atoms with van der Waals surface area (Å²) in [5.74, 6) is -2.19. The summed E-state index contributed by atoms with van der Waals surface area (Å²) < 4.78 is 0. The summed E-state index contributed by atoms with van der Waals surface area (Å²) in [4.78, 5) is 46.6. The summed E-state index contributed by atoms with van der Waals surface area (Å²) in [7, 11) is 0. The molecule has 0 aliphatic rings. The molecular weight excluding hydrogens is 336 g/mol. The van der Waals surface area contributed by atoms with Crippen LogP contribution < -0.4 is 21.7 Å².